The van der Waals surface area contributed by atoms with Gasteiger partial charge in [0.1, 0.15) is 11.6 Å². The molecule has 18 heavy (non-hydrogen) atoms. The van der Waals surface area contributed by atoms with Gasteiger partial charge in [0.05, 0.1) is 12.8 Å². The standard InChI is InChI=1S/C14H17N3O/c1-15-9-8-14-16-10-7-12(17-14)11-5-3-4-6-13(11)18-2/h3-7,10,15H,8-9H2,1-2H3. The fourth-order valence-corrected chi connectivity index (χ4v) is 1.76. The van der Waals surface area contributed by atoms with E-state index in [1.165, 1.54) is 0 Å². The van der Waals surface area contributed by atoms with Crippen LogP contribution in [0.1, 0.15) is 5.82 Å². The molecule has 0 saturated heterocycles. The summed E-state index contributed by atoms with van der Waals surface area (Å²) in [5, 5.41) is 3.09. The van der Waals surface area contributed by atoms with E-state index in [-0.39, 0.29) is 0 Å². The van der Waals surface area contributed by atoms with E-state index in [1.807, 2.05) is 37.4 Å². The van der Waals surface area contributed by atoms with Gasteiger partial charge in [0.25, 0.3) is 0 Å². The van der Waals surface area contributed by atoms with Crippen LogP contribution in [0.4, 0.5) is 0 Å². The molecule has 0 radical (unpaired) electrons. The zero-order valence-electron chi connectivity index (χ0n) is 10.7. The number of benzene rings is 1. The number of aromatic nitrogens is 2. The molecule has 0 fully saturated rings. The second-order valence-corrected chi connectivity index (χ2v) is 3.91. The maximum absolute atomic E-state index is 5.35. The van der Waals surface area contributed by atoms with Gasteiger partial charge < -0.3 is 10.1 Å². The van der Waals surface area contributed by atoms with Crippen molar-refractivity contribution in [1.82, 2.24) is 15.3 Å². The Bertz CT molecular complexity index is 514. The van der Waals surface area contributed by atoms with Crippen molar-refractivity contribution in [3.05, 3.63) is 42.4 Å². The Morgan fingerprint density at radius 3 is 2.83 bits per heavy atom. The van der Waals surface area contributed by atoms with Gasteiger partial charge in [-0.1, -0.05) is 12.1 Å². The Labute approximate surface area is 107 Å². The molecule has 0 aliphatic rings. The summed E-state index contributed by atoms with van der Waals surface area (Å²) < 4.78 is 5.35. The minimum absolute atomic E-state index is 0.819. The van der Waals surface area contributed by atoms with Gasteiger partial charge >= 0.3 is 0 Å². The van der Waals surface area contributed by atoms with E-state index in [1.54, 1.807) is 13.3 Å². The second kappa shape index (κ2) is 6.12. The monoisotopic (exact) mass is 243 g/mol. The van der Waals surface area contributed by atoms with Crippen LogP contribution in [0.15, 0.2) is 36.5 Å². The van der Waals surface area contributed by atoms with E-state index in [4.69, 9.17) is 4.74 Å². The second-order valence-electron chi connectivity index (χ2n) is 3.91. The number of nitrogens with zero attached hydrogens (tertiary/aromatic N) is 2. The molecule has 0 bridgehead atoms. The Balaban J connectivity index is 2.32. The number of nitrogens with one attached hydrogen (secondary N) is 1. The third-order valence-electron chi connectivity index (χ3n) is 2.69. The first-order chi connectivity index (χ1) is 8.85. The average molecular weight is 243 g/mol. The van der Waals surface area contributed by atoms with Crippen LogP contribution in [-0.2, 0) is 6.42 Å². The fourth-order valence-electron chi connectivity index (χ4n) is 1.76. The number of likely N-dealkylation sites (N-methyl/N-ethyl adjacent to an activating group) is 1. The molecule has 0 atom stereocenters. The highest BCUT2D eigenvalue weighted by molar-refractivity contribution is 5.66. The third-order valence-corrected chi connectivity index (χ3v) is 2.69. The van der Waals surface area contributed by atoms with Crippen molar-refractivity contribution in [3.63, 3.8) is 0 Å². The smallest absolute Gasteiger partial charge is 0.130 e. The molecule has 0 aliphatic carbocycles. The Morgan fingerprint density at radius 1 is 1.22 bits per heavy atom. The molecule has 0 spiro atoms. The molecule has 2 aromatic rings. The van der Waals surface area contributed by atoms with E-state index in [9.17, 15) is 0 Å². The lowest BCUT2D eigenvalue weighted by Crippen LogP contribution is -2.12. The number of ether oxygens (including phenoxy) is 1. The number of para-hydroxylation sites is 1. The zero-order valence-corrected chi connectivity index (χ0v) is 10.7. The van der Waals surface area contributed by atoms with Gasteiger partial charge in [-0.15, -0.1) is 0 Å². The van der Waals surface area contributed by atoms with Crippen molar-refractivity contribution >= 4 is 0 Å². The summed E-state index contributed by atoms with van der Waals surface area (Å²) in [4.78, 5) is 8.82. The summed E-state index contributed by atoms with van der Waals surface area (Å²) in [6.45, 7) is 0.870. The van der Waals surface area contributed by atoms with Crippen LogP contribution >= 0.6 is 0 Å². The summed E-state index contributed by atoms with van der Waals surface area (Å²) in [5.41, 5.74) is 1.89. The van der Waals surface area contributed by atoms with Crippen LogP contribution in [0.3, 0.4) is 0 Å². The van der Waals surface area contributed by atoms with Gasteiger partial charge in [0.15, 0.2) is 0 Å². The maximum Gasteiger partial charge on any atom is 0.130 e. The SMILES string of the molecule is CNCCc1nccc(-c2ccccc2OC)n1. The lowest BCUT2D eigenvalue weighted by atomic mass is 10.1. The summed E-state index contributed by atoms with van der Waals surface area (Å²) in [5.74, 6) is 1.67. The normalized spacial score (nSPS) is 10.3. The zero-order chi connectivity index (χ0) is 12.8. The Hall–Kier alpha value is -1.94. The van der Waals surface area contributed by atoms with Gasteiger partial charge in [0, 0.05) is 24.7 Å². The summed E-state index contributed by atoms with van der Waals surface area (Å²) in [6.07, 6.45) is 2.61. The van der Waals surface area contributed by atoms with Crippen LogP contribution in [-0.4, -0.2) is 30.7 Å². The van der Waals surface area contributed by atoms with Gasteiger partial charge in [-0.3, -0.25) is 0 Å². The summed E-state index contributed by atoms with van der Waals surface area (Å²) in [6, 6.07) is 9.77. The van der Waals surface area contributed by atoms with E-state index < -0.39 is 0 Å². The molecule has 0 saturated carbocycles. The van der Waals surface area contributed by atoms with Crippen molar-refractivity contribution in [2.24, 2.45) is 0 Å². The Kier molecular flexibility index (Phi) is 4.25. The van der Waals surface area contributed by atoms with Crippen molar-refractivity contribution in [2.45, 2.75) is 6.42 Å². The number of hydrogen-bond acceptors (Lipinski definition) is 4. The summed E-state index contributed by atoms with van der Waals surface area (Å²) in [7, 11) is 3.59. The van der Waals surface area contributed by atoms with Crippen molar-refractivity contribution in [2.75, 3.05) is 20.7 Å². The predicted molar refractivity (Wildman–Crippen MR) is 71.7 cm³/mol. The molecule has 0 aliphatic heterocycles. The van der Waals surface area contributed by atoms with Gasteiger partial charge in [0.2, 0.25) is 0 Å². The minimum Gasteiger partial charge on any atom is -0.496 e. The number of hydrogen-bond donors (Lipinski definition) is 1. The predicted octanol–water partition coefficient (Wildman–Crippen LogP) is 1.91. The molecule has 0 amide bonds. The van der Waals surface area contributed by atoms with Gasteiger partial charge in [-0.05, 0) is 25.2 Å². The van der Waals surface area contributed by atoms with Gasteiger partial charge in [-0.25, -0.2) is 9.97 Å². The first-order valence-corrected chi connectivity index (χ1v) is 5.95. The van der Waals surface area contributed by atoms with Crippen LogP contribution in [0, 0.1) is 0 Å². The third kappa shape index (κ3) is 2.84. The molecule has 4 nitrogen and oxygen atoms in total. The van der Waals surface area contributed by atoms with E-state index >= 15 is 0 Å². The molecular weight excluding hydrogens is 226 g/mol. The average Bonchev–Trinajstić information content (AvgIpc) is 2.45. The lowest BCUT2D eigenvalue weighted by molar-refractivity contribution is 0.416. The molecule has 1 aromatic carbocycles. The van der Waals surface area contributed by atoms with Crippen LogP contribution in [0.25, 0.3) is 11.3 Å². The van der Waals surface area contributed by atoms with Crippen molar-refractivity contribution < 1.29 is 4.74 Å². The van der Waals surface area contributed by atoms with Crippen LogP contribution < -0.4 is 10.1 Å². The quantitative estimate of drug-likeness (QED) is 0.871. The van der Waals surface area contributed by atoms with Crippen molar-refractivity contribution in [1.29, 1.82) is 0 Å². The highest BCUT2D eigenvalue weighted by atomic mass is 16.5. The largest absolute Gasteiger partial charge is 0.496 e. The van der Waals surface area contributed by atoms with E-state index in [0.29, 0.717) is 0 Å². The minimum atomic E-state index is 0.819. The molecule has 1 aromatic heterocycles. The highest BCUT2D eigenvalue weighted by Crippen LogP contribution is 2.27. The first-order valence-electron chi connectivity index (χ1n) is 5.95. The van der Waals surface area contributed by atoms with Crippen molar-refractivity contribution in [3.8, 4) is 17.0 Å². The van der Waals surface area contributed by atoms with Gasteiger partial charge in [-0.2, -0.15) is 0 Å². The molecule has 0 unspecified atom stereocenters. The molecular formula is C14H17N3O. The first kappa shape index (κ1) is 12.5. The molecule has 1 N–H and O–H groups in total. The molecule has 1 heterocycles. The maximum atomic E-state index is 5.35. The highest BCUT2D eigenvalue weighted by Gasteiger charge is 2.07. The van der Waals surface area contributed by atoms with E-state index in [2.05, 4.69) is 15.3 Å². The van der Waals surface area contributed by atoms with Crippen LogP contribution in [0.5, 0.6) is 5.75 Å². The Morgan fingerprint density at radius 2 is 2.06 bits per heavy atom. The van der Waals surface area contributed by atoms with E-state index in [0.717, 1.165) is 35.8 Å². The number of rotatable bonds is 5. The topological polar surface area (TPSA) is 47.0 Å². The molecule has 94 valence electrons. The molecule has 4 heteroatoms. The summed E-state index contributed by atoms with van der Waals surface area (Å²) >= 11 is 0. The fraction of sp³-hybridized carbons (Fsp3) is 0.286. The number of methoxy groups -OCH3 is 1. The van der Waals surface area contributed by atoms with Crippen LogP contribution in [0.2, 0.25) is 0 Å². The lowest BCUT2D eigenvalue weighted by Gasteiger charge is -2.08. The molecule has 2 rings (SSSR count).